The van der Waals surface area contributed by atoms with E-state index in [-0.39, 0.29) is 23.3 Å². The highest BCUT2D eigenvalue weighted by atomic mass is 32.2. The van der Waals surface area contributed by atoms with Crippen LogP contribution < -0.4 is 0 Å². The number of ether oxygens (including phenoxy) is 1. The van der Waals surface area contributed by atoms with E-state index in [4.69, 9.17) is 4.74 Å². The van der Waals surface area contributed by atoms with Crippen LogP contribution in [0.3, 0.4) is 0 Å². The number of halogens is 2. The smallest absolute Gasteiger partial charge is 0.339 e. The largest absolute Gasteiger partial charge is 0.454 e. The van der Waals surface area contributed by atoms with Gasteiger partial charge in [-0.05, 0) is 43.2 Å². The fourth-order valence-electron chi connectivity index (χ4n) is 3.67. The Bertz CT molecular complexity index is 992. The zero-order valence-electron chi connectivity index (χ0n) is 17.8. The van der Waals surface area contributed by atoms with Gasteiger partial charge in [0.2, 0.25) is 11.7 Å². The van der Waals surface area contributed by atoms with E-state index in [1.54, 1.807) is 23.1 Å². The molecule has 1 fully saturated rings. The van der Waals surface area contributed by atoms with Crippen molar-refractivity contribution in [2.24, 2.45) is 0 Å². The Kier molecular flexibility index (Phi) is 8.39. The molecule has 0 saturated heterocycles. The molecule has 1 aliphatic rings. The van der Waals surface area contributed by atoms with E-state index in [0.717, 1.165) is 43.9 Å². The van der Waals surface area contributed by atoms with Crippen molar-refractivity contribution in [3.8, 4) is 0 Å². The highest BCUT2D eigenvalue weighted by Crippen LogP contribution is 2.26. The number of benzene rings is 2. The summed E-state index contributed by atoms with van der Waals surface area (Å²) in [6.07, 6.45) is 5.48. The second-order valence-corrected chi connectivity index (χ2v) is 8.72. The molecule has 0 aromatic heterocycles. The maximum Gasteiger partial charge on any atom is 0.339 e. The van der Waals surface area contributed by atoms with Gasteiger partial charge in [0.15, 0.2) is 6.61 Å². The summed E-state index contributed by atoms with van der Waals surface area (Å²) < 4.78 is 32.1. The first-order chi connectivity index (χ1) is 15.4. The Balaban J connectivity index is 1.59. The van der Waals surface area contributed by atoms with Crippen molar-refractivity contribution in [2.75, 3.05) is 19.4 Å². The molecular formula is C24H25F2NO4S. The zero-order chi connectivity index (χ0) is 23.1. The lowest BCUT2D eigenvalue weighted by molar-refractivity contribution is -0.129. The van der Waals surface area contributed by atoms with Crippen LogP contribution in [0.4, 0.5) is 8.78 Å². The molecule has 0 bridgehead atoms. The van der Waals surface area contributed by atoms with Crippen LogP contribution in [0.2, 0.25) is 0 Å². The predicted octanol–water partition coefficient (Wildman–Crippen LogP) is 4.89. The molecular weight excluding hydrogens is 436 g/mol. The van der Waals surface area contributed by atoms with Crippen LogP contribution in [-0.2, 0) is 9.53 Å². The highest BCUT2D eigenvalue weighted by molar-refractivity contribution is 8.00. The highest BCUT2D eigenvalue weighted by Gasteiger charge is 2.23. The number of carbonyl (C=O) groups is 3. The van der Waals surface area contributed by atoms with E-state index in [1.165, 1.54) is 24.2 Å². The summed E-state index contributed by atoms with van der Waals surface area (Å²) in [6, 6.07) is 9.38. The standard InChI is InChI=1S/C24H25F2NO4S/c1-27(17-7-3-2-4-8-17)23(29)15-32-22-10-6-5-9-18(22)24(30)31-14-21(28)19-13-16(25)11-12-20(19)26/h5-6,9-13,17H,2-4,7-8,14-15H2,1H3. The number of amides is 1. The maximum absolute atomic E-state index is 13.7. The van der Waals surface area contributed by atoms with Gasteiger partial charge in [-0.25, -0.2) is 13.6 Å². The van der Waals surface area contributed by atoms with Crippen molar-refractivity contribution in [2.45, 2.75) is 43.0 Å². The molecule has 1 amide bonds. The van der Waals surface area contributed by atoms with Gasteiger partial charge in [0.05, 0.1) is 16.9 Å². The lowest BCUT2D eigenvalue weighted by Crippen LogP contribution is -2.39. The molecule has 0 aliphatic heterocycles. The molecule has 3 rings (SSSR count). The first-order valence-corrected chi connectivity index (χ1v) is 11.5. The van der Waals surface area contributed by atoms with E-state index in [1.807, 2.05) is 7.05 Å². The molecule has 1 aliphatic carbocycles. The van der Waals surface area contributed by atoms with Crippen molar-refractivity contribution in [3.05, 3.63) is 65.2 Å². The number of esters is 1. The second kappa shape index (κ2) is 11.2. The molecule has 0 unspecified atom stereocenters. The molecule has 5 nitrogen and oxygen atoms in total. The topological polar surface area (TPSA) is 63.7 Å². The summed E-state index contributed by atoms with van der Waals surface area (Å²) in [5.41, 5.74) is -0.269. The van der Waals surface area contributed by atoms with Gasteiger partial charge in [-0.15, -0.1) is 11.8 Å². The molecule has 0 N–H and O–H groups in total. The normalized spacial score (nSPS) is 14.1. The van der Waals surface area contributed by atoms with Crippen LogP contribution in [0, 0.1) is 11.6 Å². The molecule has 32 heavy (non-hydrogen) atoms. The number of hydrogen-bond acceptors (Lipinski definition) is 5. The van der Waals surface area contributed by atoms with E-state index >= 15 is 0 Å². The molecule has 0 atom stereocenters. The molecule has 2 aromatic rings. The number of hydrogen-bond donors (Lipinski definition) is 0. The number of Topliss-reactive ketones (excluding diaryl/α,β-unsaturated/α-hetero) is 1. The van der Waals surface area contributed by atoms with E-state index in [0.29, 0.717) is 4.90 Å². The average Bonchev–Trinajstić information content (AvgIpc) is 2.82. The Hall–Kier alpha value is -2.74. The first kappa shape index (κ1) is 23.9. The van der Waals surface area contributed by atoms with Crippen molar-refractivity contribution < 1.29 is 27.9 Å². The predicted molar refractivity (Wildman–Crippen MR) is 118 cm³/mol. The Morgan fingerprint density at radius 3 is 2.50 bits per heavy atom. The molecule has 1 saturated carbocycles. The van der Waals surface area contributed by atoms with E-state index in [9.17, 15) is 23.2 Å². The van der Waals surface area contributed by atoms with Crippen molar-refractivity contribution >= 4 is 29.4 Å². The fraction of sp³-hybridized carbons (Fsp3) is 0.375. The number of carbonyl (C=O) groups excluding carboxylic acids is 3. The van der Waals surface area contributed by atoms with Gasteiger partial charge in [-0.2, -0.15) is 0 Å². The van der Waals surface area contributed by atoms with Gasteiger partial charge < -0.3 is 9.64 Å². The molecule has 170 valence electrons. The first-order valence-electron chi connectivity index (χ1n) is 10.5. The van der Waals surface area contributed by atoms with Gasteiger partial charge in [0.1, 0.15) is 11.6 Å². The summed E-state index contributed by atoms with van der Waals surface area (Å²) in [5, 5.41) is 0. The fourth-order valence-corrected chi connectivity index (χ4v) is 4.64. The van der Waals surface area contributed by atoms with Crippen molar-refractivity contribution in [1.29, 1.82) is 0 Å². The van der Waals surface area contributed by atoms with Crippen molar-refractivity contribution in [3.63, 3.8) is 0 Å². The van der Waals surface area contributed by atoms with Gasteiger partial charge in [-0.1, -0.05) is 31.4 Å². The summed E-state index contributed by atoms with van der Waals surface area (Å²) in [6.45, 7) is -0.721. The third kappa shape index (κ3) is 6.16. The van der Waals surface area contributed by atoms with Crippen LogP contribution >= 0.6 is 11.8 Å². The Morgan fingerprint density at radius 2 is 1.75 bits per heavy atom. The van der Waals surface area contributed by atoms with Gasteiger partial charge in [0.25, 0.3) is 0 Å². The summed E-state index contributed by atoms with van der Waals surface area (Å²) in [4.78, 5) is 39.6. The van der Waals surface area contributed by atoms with Gasteiger partial charge in [0, 0.05) is 18.0 Å². The monoisotopic (exact) mass is 461 g/mol. The molecule has 2 aromatic carbocycles. The minimum atomic E-state index is -0.885. The lowest BCUT2D eigenvalue weighted by Gasteiger charge is -2.31. The van der Waals surface area contributed by atoms with Crippen LogP contribution in [0.1, 0.15) is 52.8 Å². The van der Waals surface area contributed by atoms with Gasteiger partial charge >= 0.3 is 5.97 Å². The van der Waals surface area contributed by atoms with E-state index < -0.39 is 35.6 Å². The molecule has 0 heterocycles. The Morgan fingerprint density at radius 1 is 1.03 bits per heavy atom. The van der Waals surface area contributed by atoms with Crippen molar-refractivity contribution in [1.82, 2.24) is 4.90 Å². The molecule has 0 spiro atoms. The minimum Gasteiger partial charge on any atom is -0.454 e. The third-order valence-corrected chi connectivity index (χ3v) is 6.60. The lowest BCUT2D eigenvalue weighted by atomic mass is 9.94. The summed E-state index contributed by atoms with van der Waals surface area (Å²) >= 11 is 1.22. The summed E-state index contributed by atoms with van der Waals surface area (Å²) in [7, 11) is 1.82. The third-order valence-electron chi connectivity index (χ3n) is 5.54. The second-order valence-electron chi connectivity index (χ2n) is 7.70. The summed E-state index contributed by atoms with van der Waals surface area (Å²) in [5.74, 6) is -3.10. The maximum atomic E-state index is 13.7. The number of nitrogens with zero attached hydrogens (tertiary/aromatic N) is 1. The van der Waals surface area contributed by atoms with Gasteiger partial charge in [-0.3, -0.25) is 9.59 Å². The van der Waals surface area contributed by atoms with Crippen LogP contribution in [0.15, 0.2) is 47.4 Å². The number of ketones is 1. The number of thioether (sulfide) groups is 1. The van der Waals surface area contributed by atoms with Crippen LogP contribution in [0.5, 0.6) is 0 Å². The Labute approximate surface area is 190 Å². The number of rotatable bonds is 8. The quantitative estimate of drug-likeness (QED) is 0.318. The average molecular weight is 462 g/mol. The van der Waals surface area contributed by atoms with Crippen LogP contribution in [-0.4, -0.2) is 48.0 Å². The SMILES string of the molecule is CN(C(=O)CSc1ccccc1C(=O)OCC(=O)c1cc(F)ccc1F)C1CCCCC1. The molecule has 8 heteroatoms. The minimum absolute atomic E-state index is 0.0122. The van der Waals surface area contributed by atoms with E-state index in [2.05, 4.69) is 0 Å². The van der Waals surface area contributed by atoms with Crippen LogP contribution in [0.25, 0.3) is 0 Å². The zero-order valence-corrected chi connectivity index (χ0v) is 18.6. The molecule has 0 radical (unpaired) electrons.